The maximum atomic E-state index is 5.86. The van der Waals surface area contributed by atoms with Crippen LogP contribution in [0.5, 0.6) is 5.75 Å². The average molecular weight is 329 g/mol. The minimum absolute atomic E-state index is 0.197. The molecule has 0 saturated heterocycles. The van der Waals surface area contributed by atoms with Crippen molar-refractivity contribution in [1.82, 2.24) is 0 Å². The number of nitrogens with one attached hydrogen (secondary N) is 1. The van der Waals surface area contributed by atoms with Crippen LogP contribution in [0.25, 0.3) is 0 Å². The molecule has 0 aliphatic rings. The van der Waals surface area contributed by atoms with Gasteiger partial charge in [0.25, 0.3) is 0 Å². The van der Waals surface area contributed by atoms with Crippen molar-refractivity contribution in [3.05, 3.63) is 109 Å². The highest BCUT2D eigenvalue weighted by molar-refractivity contribution is 5.45. The zero-order valence-electron chi connectivity index (χ0n) is 14.3. The van der Waals surface area contributed by atoms with Crippen LogP contribution in [-0.4, -0.2) is 0 Å². The van der Waals surface area contributed by atoms with Crippen molar-refractivity contribution in [1.29, 1.82) is 0 Å². The van der Waals surface area contributed by atoms with E-state index in [1.165, 1.54) is 11.1 Å². The van der Waals surface area contributed by atoms with Crippen LogP contribution in [-0.2, 0) is 6.61 Å². The zero-order chi connectivity index (χ0) is 17.3. The molecule has 3 aromatic rings. The fourth-order valence-corrected chi connectivity index (χ4v) is 2.72. The molecule has 2 heteroatoms. The molecule has 0 radical (unpaired) electrons. The van der Waals surface area contributed by atoms with Gasteiger partial charge in [0, 0.05) is 5.69 Å². The van der Waals surface area contributed by atoms with Crippen molar-refractivity contribution in [2.24, 2.45) is 0 Å². The molecule has 1 N–H and O–H groups in total. The number of benzene rings is 3. The molecule has 0 aliphatic heterocycles. The number of hydrogen-bond donors (Lipinski definition) is 1. The fourth-order valence-electron chi connectivity index (χ4n) is 2.72. The summed E-state index contributed by atoms with van der Waals surface area (Å²) >= 11 is 0. The van der Waals surface area contributed by atoms with Gasteiger partial charge in [0.15, 0.2) is 0 Å². The quantitative estimate of drug-likeness (QED) is 0.512. The Hall–Kier alpha value is -3.00. The molecule has 0 bridgehead atoms. The van der Waals surface area contributed by atoms with Crippen molar-refractivity contribution in [2.75, 3.05) is 5.32 Å². The third-order valence-corrected chi connectivity index (χ3v) is 4.05. The van der Waals surface area contributed by atoms with Crippen LogP contribution < -0.4 is 10.1 Å². The third kappa shape index (κ3) is 4.98. The molecule has 2 nitrogen and oxygen atoms in total. The maximum Gasteiger partial charge on any atom is 0.119 e. The molecule has 3 aromatic carbocycles. The first-order valence-electron chi connectivity index (χ1n) is 8.54. The molecular formula is C23H23NO. The first-order valence-corrected chi connectivity index (χ1v) is 8.54. The van der Waals surface area contributed by atoms with E-state index in [4.69, 9.17) is 4.74 Å². The molecular weight excluding hydrogens is 306 g/mol. The van der Waals surface area contributed by atoms with Crippen molar-refractivity contribution < 1.29 is 4.74 Å². The first-order chi connectivity index (χ1) is 12.3. The highest BCUT2D eigenvalue weighted by Gasteiger charge is 2.10. The van der Waals surface area contributed by atoms with Crippen LogP contribution in [0.15, 0.2) is 97.6 Å². The summed E-state index contributed by atoms with van der Waals surface area (Å²) in [5.41, 5.74) is 3.50. The topological polar surface area (TPSA) is 21.3 Å². The van der Waals surface area contributed by atoms with E-state index in [1.807, 2.05) is 54.6 Å². The lowest BCUT2D eigenvalue weighted by Crippen LogP contribution is -2.09. The van der Waals surface area contributed by atoms with Gasteiger partial charge in [-0.25, -0.2) is 0 Å². The summed E-state index contributed by atoms with van der Waals surface area (Å²) in [6.45, 7) is 4.47. The van der Waals surface area contributed by atoms with Crippen LogP contribution >= 0.6 is 0 Å². The van der Waals surface area contributed by atoms with E-state index in [1.54, 1.807) is 0 Å². The summed E-state index contributed by atoms with van der Waals surface area (Å²) in [4.78, 5) is 0. The number of para-hydroxylation sites is 1. The summed E-state index contributed by atoms with van der Waals surface area (Å²) < 4.78 is 5.86. The van der Waals surface area contributed by atoms with Crippen molar-refractivity contribution in [2.45, 2.75) is 19.1 Å². The summed E-state index contributed by atoms with van der Waals surface area (Å²) in [6.07, 6.45) is 2.81. The summed E-state index contributed by atoms with van der Waals surface area (Å²) in [5, 5.41) is 3.56. The van der Waals surface area contributed by atoms with Gasteiger partial charge in [-0.05, 0) is 41.8 Å². The van der Waals surface area contributed by atoms with Gasteiger partial charge in [-0.2, -0.15) is 0 Å². The number of anilines is 1. The summed E-state index contributed by atoms with van der Waals surface area (Å²) in [6, 6.07) is 28.9. The van der Waals surface area contributed by atoms with Crippen LogP contribution in [0.4, 0.5) is 5.69 Å². The molecule has 0 aromatic heterocycles. The van der Waals surface area contributed by atoms with Gasteiger partial charge < -0.3 is 10.1 Å². The molecule has 0 aliphatic carbocycles. The molecule has 1 unspecified atom stereocenters. The fraction of sp³-hybridized carbons (Fsp3) is 0.130. The Morgan fingerprint density at radius 3 is 2.12 bits per heavy atom. The molecule has 1 atom stereocenters. The van der Waals surface area contributed by atoms with Gasteiger partial charge in [-0.3, -0.25) is 0 Å². The lowest BCUT2D eigenvalue weighted by atomic mass is 10.0. The highest BCUT2D eigenvalue weighted by Crippen LogP contribution is 2.25. The molecule has 0 saturated carbocycles. The lowest BCUT2D eigenvalue weighted by molar-refractivity contribution is 0.306. The predicted molar refractivity (Wildman–Crippen MR) is 105 cm³/mol. The van der Waals surface area contributed by atoms with E-state index >= 15 is 0 Å². The number of hydrogen-bond acceptors (Lipinski definition) is 2. The zero-order valence-corrected chi connectivity index (χ0v) is 14.3. The SMILES string of the molecule is C=CCC(Nc1ccccc1)c1ccc(OCc2ccccc2)cc1. The van der Waals surface area contributed by atoms with Gasteiger partial charge in [0.2, 0.25) is 0 Å². The van der Waals surface area contributed by atoms with E-state index < -0.39 is 0 Å². The monoisotopic (exact) mass is 329 g/mol. The normalized spacial score (nSPS) is 11.5. The largest absolute Gasteiger partial charge is 0.489 e. The number of rotatable bonds is 8. The second-order valence-corrected chi connectivity index (χ2v) is 5.93. The van der Waals surface area contributed by atoms with Gasteiger partial charge >= 0.3 is 0 Å². The molecule has 0 heterocycles. The Kier molecular flexibility index (Phi) is 5.89. The molecule has 126 valence electrons. The minimum Gasteiger partial charge on any atom is -0.489 e. The van der Waals surface area contributed by atoms with Crippen LogP contribution in [0.3, 0.4) is 0 Å². The molecule has 3 rings (SSSR count). The van der Waals surface area contributed by atoms with E-state index in [-0.39, 0.29) is 6.04 Å². The van der Waals surface area contributed by atoms with Gasteiger partial charge in [-0.15, -0.1) is 6.58 Å². The van der Waals surface area contributed by atoms with Crippen molar-refractivity contribution >= 4 is 5.69 Å². The van der Waals surface area contributed by atoms with E-state index in [0.717, 1.165) is 17.9 Å². The third-order valence-electron chi connectivity index (χ3n) is 4.05. The van der Waals surface area contributed by atoms with Gasteiger partial charge in [0.1, 0.15) is 12.4 Å². The summed E-state index contributed by atoms with van der Waals surface area (Å²) in [5.74, 6) is 0.879. The van der Waals surface area contributed by atoms with Crippen molar-refractivity contribution in [3.63, 3.8) is 0 Å². The van der Waals surface area contributed by atoms with E-state index in [0.29, 0.717) is 6.61 Å². The lowest BCUT2D eigenvalue weighted by Gasteiger charge is -2.19. The van der Waals surface area contributed by atoms with Gasteiger partial charge in [0.05, 0.1) is 6.04 Å². The molecule has 0 amide bonds. The summed E-state index contributed by atoms with van der Waals surface area (Å²) in [7, 11) is 0. The van der Waals surface area contributed by atoms with E-state index in [2.05, 4.69) is 48.3 Å². The van der Waals surface area contributed by atoms with Crippen LogP contribution in [0, 0.1) is 0 Å². The Morgan fingerprint density at radius 1 is 0.840 bits per heavy atom. The Labute approximate surface area is 149 Å². The molecule has 0 fully saturated rings. The maximum absolute atomic E-state index is 5.86. The Morgan fingerprint density at radius 2 is 1.48 bits per heavy atom. The van der Waals surface area contributed by atoms with Gasteiger partial charge in [-0.1, -0.05) is 66.7 Å². The second kappa shape index (κ2) is 8.74. The smallest absolute Gasteiger partial charge is 0.119 e. The van der Waals surface area contributed by atoms with Crippen molar-refractivity contribution in [3.8, 4) is 5.75 Å². The van der Waals surface area contributed by atoms with Crippen LogP contribution in [0.1, 0.15) is 23.6 Å². The highest BCUT2D eigenvalue weighted by atomic mass is 16.5. The molecule has 0 spiro atoms. The Balaban J connectivity index is 1.65. The molecule has 25 heavy (non-hydrogen) atoms. The second-order valence-electron chi connectivity index (χ2n) is 5.93. The average Bonchev–Trinajstić information content (AvgIpc) is 2.68. The predicted octanol–water partition coefficient (Wildman–Crippen LogP) is 5.99. The van der Waals surface area contributed by atoms with Crippen LogP contribution in [0.2, 0.25) is 0 Å². The standard InChI is InChI=1S/C23H23NO/c1-2-9-23(24-21-12-7-4-8-13-21)20-14-16-22(17-15-20)25-18-19-10-5-3-6-11-19/h2-8,10-17,23-24H,1,9,18H2. The van der Waals surface area contributed by atoms with E-state index in [9.17, 15) is 0 Å². The minimum atomic E-state index is 0.197. The first kappa shape index (κ1) is 16.8. The Bertz CT molecular complexity index is 766. The number of ether oxygens (including phenoxy) is 1.